The summed E-state index contributed by atoms with van der Waals surface area (Å²) in [5.41, 5.74) is 12.4. The van der Waals surface area contributed by atoms with Gasteiger partial charge in [0, 0.05) is 22.5 Å². The Morgan fingerprint density at radius 3 is 1.76 bits per heavy atom. The molecule has 0 radical (unpaired) electrons. The van der Waals surface area contributed by atoms with Gasteiger partial charge in [-0.15, -0.1) is 0 Å². The Labute approximate surface area is 222 Å². The highest BCUT2D eigenvalue weighted by atomic mass is 15.0. The molecule has 3 heteroatoms. The Balaban J connectivity index is 1.43. The van der Waals surface area contributed by atoms with Gasteiger partial charge < -0.3 is 10.3 Å². The smallest absolute Gasteiger partial charge is 0.0814 e. The standard InChI is InChI=1S/C35H29N3/c1-23(37-35(36)26-12-3-2-4-13-26)27-14-9-15-28(22-27)38-31-20-18-24-10-5-7-16-29(24)33(31)34-30-17-8-6-11-25(30)19-21-32(34)38/h2-23,35,37H,36H2,1H3. The summed E-state index contributed by atoms with van der Waals surface area (Å²) < 4.78 is 2.41. The Kier molecular flexibility index (Phi) is 5.47. The quantitative estimate of drug-likeness (QED) is 0.237. The van der Waals surface area contributed by atoms with Crippen molar-refractivity contribution in [3.63, 3.8) is 0 Å². The van der Waals surface area contributed by atoms with E-state index in [0.29, 0.717) is 0 Å². The number of hydrogen-bond donors (Lipinski definition) is 2. The van der Waals surface area contributed by atoms with E-state index in [0.717, 1.165) is 11.3 Å². The first-order chi connectivity index (χ1) is 18.7. The van der Waals surface area contributed by atoms with Crippen molar-refractivity contribution in [2.45, 2.75) is 19.1 Å². The number of benzene rings is 6. The summed E-state index contributed by atoms with van der Waals surface area (Å²) in [4.78, 5) is 0. The van der Waals surface area contributed by atoms with Gasteiger partial charge in [-0.3, -0.25) is 5.32 Å². The van der Waals surface area contributed by atoms with E-state index in [-0.39, 0.29) is 12.2 Å². The van der Waals surface area contributed by atoms with Crippen molar-refractivity contribution in [3.8, 4) is 5.69 Å². The summed E-state index contributed by atoms with van der Waals surface area (Å²) in [5.74, 6) is 0. The highest BCUT2D eigenvalue weighted by Crippen LogP contribution is 2.40. The SMILES string of the molecule is CC(NC(N)c1ccccc1)c1cccc(-n2c3ccc4ccccc4c3c3c4ccccc4ccc32)c1. The van der Waals surface area contributed by atoms with E-state index < -0.39 is 0 Å². The normalized spacial score (nSPS) is 13.4. The number of rotatable bonds is 5. The Bertz CT molecular complexity index is 1840. The zero-order valence-corrected chi connectivity index (χ0v) is 21.3. The average Bonchev–Trinajstić information content (AvgIpc) is 3.33. The van der Waals surface area contributed by atoms with Gasteiger partial charge in [0.2, 0.25) is 0 Å². The molecule has 0 spiro atoms. The molecule has 0 aliphatic heterocycles. The maximum atomic E-state index is 6.50. The van der Waals surface area contributed by atoms with Crippen LogP contribution < -0.4 is 11.1 Å². The number of hydrogen-bond acceptors (Lipinski definition) is 2. The molecule has 1 heterocycles. The molecule has 0 aliphatic carbocycles. The summed E-state index contributed by atoms with van der Waals surface area (Å²) in [6.45, 7) is 2.18. The summed E-state index contributed by atoms with van der Waals surface area (Å²) in [5, 5.41) is 11.3. The summed E-state index contributed by atoms with van der Waals surface area (Å²) >= 11 is 0. The van der Waals surface area contributed by atoms with E-state index >= 15 is 0 Å². The minimum Gasteiger partial charge on any atom is -0.312 e. The first-order valence-corrected chi connectivity index (χ1v) is 13.2. The van der Waals surface area contributed by atoms with Crippen LogP contribution in [-0.2, 0) is 0 Å². The molecule has 3 N–H and O–H groups in total. The second kappa shape index (κ2) is 9.14. The van der Waals surface area contributed by atoms with Crippen LogP contribution in [0.2, 0.25) is 0 Å². The van der Waals surface area contributed by atoms with E-state index in [9.17, 15) is 0 Å². The van der Waals surface area contributed by atoms with Crippen LogP contribution in [0.5, 0.6) is 0 Å². The van der Waals surface area contributed by atoms with Crippen molar-refractivity contribution in [2.75, 3.05) is 0 Å². The minimum atomic E-state index is -0.235. The van der Waals surface area contributed by atoms with E-state index in [4.69, 9.17) is 5.73 Å². The molecule has 0 saturated carbocycles. The lowest BCUT2D eigenvalue weighted by atomic mass is 10.00. The van der Waals surface area contributed by atoms with Gasteiger partial charge in [0.05, 0.1) is 17.2 Å². The van der Waals surface area contributed by atoms with Crippen LogP contribution in [0, 0.1) is 0 Å². The maximum absolute atomic E-state index is 6.50. The molecule has 1 aromatic heterocycles. The largest absolute Gasteiger partial charge is 0.312 e. The van der Waals surface area contributed by atoms with Crippen molar-refractivity contribution in [2.24, 2.45) is 5.73 Å². The number of nitrogens with two attached hydrogens (primary N) is 1. The van der Waals surface area contributed by atoms with Crippen LogP contribution >= 0.6 is 0 Å². The van der Waals surface area contributed by atoms with Gasteiger partial charge in [-0.25, -0.2) is 0 Å². The lowest BCUT2D eigenvalue weighted by Crippen LogP contribution is -2.31. The van der Waals surface area contributed by atoms with E-state index in [1.165, 1.54) is 48.9 Å². The maximum Gasteiger partial charge on any atom is 0.0814 e. The van der Waals surface area contributed by atoms with Crippen molar-refractivity contribution in [3.05, 3.63) is 139 Å². The molecule has 0 amide bonds. The fourth-order valence-corrected chi connectivity index (χ4v) is 5.88. The molecule has 7 aromatic rings. The van der Waals surface area contributed by atoms with Gasteiger partial charge in [-0.1, -0.05) is 103 Å². The van der Waals surface area contributed by atoms with Crippen LogP contribution in [0.3, 0.4) is 0 Å². The third-order valence-corrected chi connectivity index (χ3v) is 7.76. The Hall–Kier alpha value is -4.44. The summed E-state index contributed by atoms with van der Waals surface area (Å²) in [6, 6.07) is 45.5. The molecule has 0 bridgehead atoms. The van der Waals surface area contributed by atoms with E-state index in [2.05, 4.69) is 126 Å². The van der Waals surface area contributed by atoms with Crippen LogP contribution in [0.15, 0.2) is 127 Å². The van der Waals surface area contributed by atoms with Crippen LogP contribution in [0.25, 0.3) is 49.0 Å². The third kappa shape index (κ3) is 3.67. The topological polar surface area (TPSA) is 43.0 Å². The second-order valence-electron chi connectivity index (χ2n) is 10.1. The van der Waals surface area contributed by atoms with Crippen molar-refractivity contribution >= 4 is 43.4 Å². The van der Waals surface area contributed by atoms with Crippen molar-refractivity contribution in [1.29, 1.82) is 0 Å². The van der Waals surface area contributed by atoms with E-state index in [1.807, 2.05) is 18.2 Å². The average molecular weight is 492 g/mol. The van der Waals surface area contributed by atoms with Gasteiger partial charge in [-0.05, 0) is 63.9 Å². The van der Waals surface area contributed by atoms with Gasteiger partial charge in [0.25, 0.3) is 0 Å². The third-order valence-electron chi connectivity index (χ3n) is 7.76. The minimum absolute atomic E-state index is 0.0832. The fraction of sp³-hybridized carbons (Fsp3) is 0.0857. The van der Waals surface area contributed by atoms with Crippen LogP contribution in [-0.4, -0.2) is 4.57 Å². The molecule has 2 atom stereocenters. The van der Waals surface area contributed by atoms with Gasteiger partial charge >= 0.3 is 0 Å². The Morgan fingerprint density at radius 2 is 1.13 bits per heavy atom. The number of fused-ring (bicyclic) bond motifs is 7. The Morgan fingerprint density at radius 1 is 0.579 bits per heavy atom. The van der Waals surface area contributed by atoms with Gasteiger partial charge in [0.15, 0.2) is 0 Å². The van der Waals surface area contributed by atoms with Crippen LogP contribution in [0.1, 0.15) is 30.3 Å². The highest BCUT2D eigenvalue weighted by molar-refractivity contribution is 6.28. The predicted molar refractivity (Wildman–Crippen MR) is 161 cm³/mol. The highest BCUT2D eigenvalue weighted by Gasteiger charge is 2.18. The zero-order valence-electron chi connectivity index (χ0n) is 21.3. The fourth-order valence-electron chi connectivity index (χ4n) is 5.88. The molecular weight excluding hydrogens is 462 g/mol. The first-order valence-electron chi connectivity index (χ1n) is 13.2. The molecule has 0 fully saturated rings. The first kappa shape index (κ1) is 22.7. The molecular formula is C35H29N3. The summed E-state index contributed by atoms with van der Waals surface area (Å²) in [6.07, 6.45) is -0.235. The number of aromatic nitrogens is 1. The summed E-state index contributed by atoms with van der Waals surface area (Å²) in [7, 11) is 0. The predicted octanol–water partition coefficient (Wildman–Crippen LogP) is 8.40. The second-order valence-corrected chi connectivity index (χ2v) is 10.1. The van der Waals surface area contributed by atoms with Gasteiger partial charge in [0.1, 0.15) is 0 Å². The monoisotopic (exact) mass is 491 g/mol. The molecule has 3 nitrogen and oxygen atoms in total. The van der Waals surface area contributed by atoms with Crippen molar-refractivity contribution < 1.29 is 0 Å². The molecule has 2 unspecified atom stereocenters. The molecule has 7 rings (SSSR count). The molecule has 38 heavy (non-hydrogen) atoms. The molecule has 6 aromatic carbocycles. The number of nitrogens with one attached hydrogen (secondary N) is 1. The van der Waals surface area contributed by atoms with Gasteiger partial charge in [-0.2, -0.15) is 0 Å². The lowest BCUT2D eigenvalue weighted by molar-refractivity contribution is 0.478. The van der Waals surface area contributed by atoms with Crippen molar-refractivity contribution in [1.82, 2.24) is 9.88 Å². The lowest BCUT2D eigenvalue weighted by Gasteiger charge is -2.21. The molecule has 0 aliphatic rings. The van der Waals surface area contributed by atoms with E-state index in [1.54, 1.807) is 0 Å². The zero-order chi connectivity index (χ0) is 25.6. The molecule has 184 valence electrons. The molecule has 0 saturated heterocycles. The number of nitrogens with zero attached hydrogens (tertiary/aromatic N) is 1. The van der Waals surface area contributed by atoms with Crippen LogP contribution in [0.4, 0.5) is 0 Å².